The molecule has 1 unspecified atom stereocenters. The van der Waals surface area contributed by atoms with E-state index in [4.69, 9.17) is 9.47 Å². The fraction of sp³-hybridized carbons (Fsp3) is 0.303. The van der Waals surface area contributed by atoms with Crippen molar-refractivity contribution in [1.29, 1.82) is 0 Å². The molecule has 2 aliphatic heterocycles. The van der Waals surface area contributed by atoms with Crippen LogP contribution in [-0.2, 0) is 35.0 Å². The first-order valence-electron chi connectivity index (χ1n) is 14.6. The summed E-state index contributed by atoms with van der Waals surface area (Å²) in [6, 6.07) is 17.4. The lowest BCUT2D eigenvalue weighted by Crippen LogP contribution is -2.74. The van der Waals surface area contributed by atoms with Crippen LogP contribution in [0.1, 0.15) is 57.0 Å². The molecular formula is C33H34N4O7S2. The highest BCUT2D eigenvalue weighted by molar-refractivity contribution is 7.92. The van der Waals surface area contributed by atoms with Crippen LogP contribution in [0.5, 0.6) is 0 Å². The molecule has 46 heavy (non-hydrogen) atoms. The number of rotatable bonds is 9. The summed E-state index contributed by atoms with van der Waals surface area (Å²) in [5.74, 6) is -1.91. The molecule has 3 heterocycles. The van der Waals surface area contributed by atoms with Gasteiger partial charge in [0.15, 0.2) is 17.3 Å². The molecule has 0 bridgehead atoms. The van der Waals surface area contributed by atoms with E-state index in [2.05, 4.69) is 15.6 Å². The van der Waals surface area contributed by atoms with Crippen molar-refractivity contribution in [2.45, 2.75) is 57.2 Å². The van der Waals surface area contributed by atoms with Crippen LogP contribution in [0.4, 0.5) is 9.93 Å². The maximum absolute atomic E-state index is 13.5. The molecule has 2 N–H and O–H groups in total. The number of anilines is 1. The van der Waals surface area contributed by atoms with Gasteiger partial charge in [-0.15, -0.1) is 11.3 Å². The Morgan fingerprint density at radius 1 is 1.11 bits per heavy atom. The summed E-state index contributed by atoms with van der Waals surface area (Å²) < 4.78 is 24.3. The second kappa shape index (κ2) is 13.9. The van der Waals surface area contributed by atoms with E-state index in [1.807, 2.05) is 67.6 Å². The van der Waals surface area contributed by atoms with E-state index in [0.29, 0.717) is 12.1 Å². The van der Waals surface area contributed by atoms with E-state index in [1.54, 1.807) is 32.2 Å². The molecule has 1 saturated heterocycles. The van der Waals surface area contributed by atoms with Gasteiger partial charge in [0, 0.05) is 5.38 Å². The van der Waals surface area contributed by atoms with Crippen molar-refractivity contribution in [3.05, 3.63) is 101 Å². The topological polar surface area (TPSA) is 150 Å². The van der Waals surface area contributed by atoms with Crippen LogP contribution in [0.15, 0.2) is 83.9 Å². The lowest BCUT2D eigenvalue weighted by Gasteiger charge is -2.48. The Morgan fingerprint density at radius 2 is 1.74 bits per heavy atom. The summed E-state index contributed by atoms with van der Waals surface area (Å²) in [7, 11) is 0. The minimum Gasteiger partial charge on any atom is -0.614 e. The molecule has 1 fully saturated rings. The molecule has 5 rings (SSSR count). The van der Waals surface area contributed by atoms with Crippen LogP contribution in [0, 0.1) is 0 Å². The average Bonchev–Trinajstić information content (AvgIpc) is 3.48. The summed E-state index contributed by atoms with van der Waals surface area (Å²) in [6.07, 6.45) is 2.16. The highest BCUT2D eigenvalue weighted by Crippen LogP contribution is 2.36. The minimum absolute atomic E-state index is 0.00995. The van der Waals surface area contributed by atoms with Gasteiger partial charge in [0.25, 0.3) is 11.8 Å². The maximum atomic E-state index is 13.5. The molecular weight excluding hydrogens is 629 g/mol. The highest BCUT2D eigenvalue weighted by Gasteiger charge is 2.60. The van der Waals surface area contributed by atoms with Crippen LogP contribution in [0.3, 0.4) is 0 Å². The third-order valence-corrected chi connectivity index (χ3v) is 9.25. The largest absolute Gasteiger partial charge is 0.614 e. The van der Waals surface area contributed by atoms with Gasteiger partial charge < -0.3 is 19.3 Å². The first-order chi connectivity index (χ1) is 22.0. The zero-order chi connectivity index (χ0) is 33.0. The molecule has 0 spiro atoms. The van der Waals surface area contributed by atoms with Gasteiger partial charge in [0.1, 0.15) is 17.1 Å². The quantitative estimate of drug-likeness (QED) is 0.142. The fourth-order valence-electron chi connectivity index (χ4n) is 5.00. The molecule has 0 radical (unpaired) electrons. The fourth-order valence-corrected chi connectivity index (χ4v) is 7.15. The van der Waals surface area contributed by atoms with E-state index in [9.17, 15) is 23.7 Å². The van der Waals surface area contributed by atoms with Crippen LogP contribution >= 0.6 is 11.3 Å². The van der Waals surface area contributed by atoms with Crippen molar-refractivity contribution >= 4 is 57.1 Å². The van der Waals surface area contributed by atoms with Crippen LogP contribution < -0.4 is 10.6 Å². The van der Waals surface area contributed by atoms with E-state index in [-0.39, 0.29) is 22.2 Å². The number of benzene rings is 2. The van der Waals surface area contributed by atoms with Gasteiger partial charge in [0.05, 0.1) is 11.3 Å². The van der Waals surface area contributed by atoms with Crippen LogP contribution in [-0.4, -0.2) is 61.1 Å². The number of amides is 3. The summed E-state index contributed by atoms with van der Waals surface area (Å²) in [6.45, 7) is 7.06. The molecule has 3 amide bonds. The van der Waals surface area contributed by atoms with Crippen molar-refractivity contribution < 1.29 is 33.2 Å². The van der Waals surface area contributed by atoms with Gasteiger partial charge in [-0.1, -0.05) is 73.7 Å². The Bertz CT molecular complexity index is 1630. The Morgan fingerprint density at radius 3 is 2.33 bits per heavy atom. The molecule has 0 saturated carbocycles. The summed E-state index contributed by atoms with van der Waals surface area (Å²) in [4.78, 5) is 58.1. The first-order valence-corrected chi connectivity index (χ1v) is 16.9. The number of nitrogens with one attached hydrogen (secondary N) is 2. The van der Waals surface area contributed by atoms with E-state index < -0.39 is 58.2 Å². The Hall–Kier alpha value is -4.46. The number of ether oxygens (including phenoxy) is 2. The zero-order valence-corrected chi connectivity index (χ0v) is 27.4. The zero-order valence-electron chi connectivity index (χ0n) is 25.7. The number of esters is 1. The Labute approximate surface area is 273 Å². The van der Waals surface area contributed by atoms with Gasteiger partial charge in [-0.2, -0.15) is 0 Å². The number of hydrogen-bond acceptors (Lipinski definition) is 9. The molecule has 3 atom stereocenters. The number of hydrogen-bond donors (Lipinski definition) is 2. The number of thiazole rings is 1. The number of β-lactam (4-membered cyclic amide) rings is 1. The Kier molecular flexibility index (Phi) is 9.94. The van der Waals surface area contributed by atoms with E-state index in [1.165, 1.54) is 6.08 Å². The summed E-state index contributed by atoms with van der Waals surface area (Å²) in [5, 5.41) is 6.14. The lowest BCUT2D eigenvalue weighted by molar-refractivity contribution is -0.154. The predicted molar refractivity (Wildman–Crippen MR) is 175 cm³/mol. The lowest BCUT2D eigenvalue weighted by atomic mass is 10.0. The SMILES string of the molecule is CC/C=C(\C(=O)N[C@@H]1C(=O)N2C(C(=O)OC(c3ccccc3)c3ccccc3)=CC[S+]([O-])[C@H]12)c1csc(NC(=O)OC(C)(C)C)n1. The number of fused-ring (bicyclic) bond motifs is 1. The van der Waals surface area contributed by atoms with Crippen molar-refractivity contribution in [3.8, 4) is 0 Å². The number of allylic oxidation sites excluding steroid dienone is 1. The van der Waals surface area contributed by atoms with Crippen molar-refractivity contribution in [2.24, 2.45) is 0 Å². The molecule has 11 nitrogen and oxygen atoms in total. The second-order valence-electron chi connectivity index (χ2n) is 11.5. The first kappa shape index (κ1) is 32.9. The molecule has 1 aromatic heterocycles. The van der Waals surface area contributed by atoms with E-state index >= 15 is 0 Å². The normalized spacial score (nSPS) is 19.5. The molecule has 0 aliphatic carbocycles. The smallest absolute Gasteiger partial charge is 0.413 e. The van der Waals surface area contributed by atoms with Crippen molar-refractivity contribution in [2.75, 3.05) is 11.1 Å². The number of carbonyl (C=O) groups excluding carboxylic acids is 4. The minimum atomic E-state index is -1.58. The molecule has 13 heteroatoms. The predicted octanol–water partition coefficient (Wildman–Crippen LogP) is 4.92. The Balaban J connectivity index is 1.29. The number of carbonyl (C=O) groups is 4. The molecule has 2 aromatic carbocycles. The molecule has 240 valence electrons. The van der Waals surface area contributed by atoms with Crippen molar-refractivity contribution in [3.63, 3.8) is 0 Å². The van der Waals surface area contributed by atoms with Gasteiger partial charge in [-0.3, -0.25) is 19.8 Å². The summed E-state index contributed by atoms with van der Waals surface area (Å²) >= 11 is -0.467. The standard InChI is InChI=1S/C33H34N4O7S2/c1-5-12-22(23-19-45-31(34-23)36-32(41)44-33(2,3)4)27(38)35-25-28(39)37-24(17-18-46(42)29(25)37)30(40)43-26(20-13-8-6-9-14-20)21-15-10-7-11-16-21/h6-17,19,25-26,29H,5,18H2,1-4H3,(H,35,38)(H,34,36,41)/b22-12-/t25-,29-,46?/m1/s1. The van der Waals surface area contributed by atoms with Crippen LogP contribution in [0.25, 0.3) is 5.57 Å². The van der Waals surface area contributed by atoms with Gasteiger partial charge in [-0.05, 0) is 55.6 Å². The van der Waals surface area contributed by atoms with E-state index in [0.717, 1.165) is 27.4 Å². The highest BCUT2D eigenvalue weighted by atomic mass is 32.2. The van der Waals surface area contributed by atoms with Crippen LogP contribution in [0.2, 0.25) is 0 Å². The molecule has 3 aromatic rings. The second-order valence-corrected chi connectivity index (χ2v) is 13.9. The third-order valence-electron chi connectivity index (χ3n) is 6.98. The number of nitrogens with zero attached hydrogens (tertiary/aromatic N) is 2. The maximum Gasteiger partial charge on any atom is 0.413 e. The molecule has 2 aliphatic rings. The summed E-state index contributed by atoms with van der Waals surface area (Å²) in [5.41, 5.74) is 1.27. The van der Waals surface area contributed by atoms with Crippen molar-refractivity contribution in [1.82, 2.24) is 15.2 Å². The third kappa shape index (κ3) is 7.33. The van der Waals surface area contributed by atoms with Gasteiger partial charge in [0.2, 0.25) is 5.37 Å². The number of aromatic nitrogens is 1. The average molecular weight is 663 g/mol. The van der Waals surface area contributed by atoms with Gasteiger partial charge in [-0.25, -0.2) is 14.6 Å². The monoisotopic (exact) mass is 662 g/mol. The van der Waals surface area contributed by atoms with Gasteiger partial charge >= 0.3 is 12.1 Å².